The number of alkyl halides is 2. The van der Waals surface area contributed by atoms with E-state index in [1.165, 1.54) is 14.2 Å². The standard InChI is InChI=1S/C16H15F2N5O2/c1-24-15-10(6-19-16(21-15)25-2)11-3-4-13-20-12(7-23(13)22-11)8-5-9(8)14(17)18/h3-4,6-9,14H,5H2,1-2H3/t8-,9-/m0/s1. The van der Waals surface area contributed by atoms with E-state index in [9.17, 15) is 8.78 Å². The first-order chi connectivity index (χ1) is 12.1. The minimum Gasteiger partial charge on any atom is -0.480 e. The molecule has 1 saturated carbocycles. The Balaban J connectivity index is 1.70. The third-order valence-corrected chi connectivity index (χ3v) is 4.27. The Bertz CT molecular complexity index is 930. The fourth-order valence-electron chi connectivity index (χ4n) is 2.84. The van der Waals surface area contributed by atoms with Gasteiger partial charge < -0.3 is 9.47 Å². The molecule has 25 heavy (non-hydrogen) atoms. The zero-order valence-corrected chi connectivity index (χ0v) is 13.6. The lowest BCUT2D eigenvalue weighted by Gasteiger charge is -2.07. The minimum absolute atomic E-state index is 0.191. The Labute approximate surface area is 141 Å². The van der Waals surface area contributed by atoms with E-state index in [2.05, 4.69) is 20.1 Å². The molecule has 7 nitrogen and oxygen atoms in total. The normalized spacial score (nSPS) is 19.4. The van der Waals surface area contributed by atoms with Crippen molar-refractivity contribution in [2.45, 2.75) is 18.8 Å². The van der Waals surface area contributed by atoms with Gasteiger partial charge in [0.05, 0.1) is 37.4 Å². The molecule has 3 aromatic rings. The van der Waals surface area contributed by atoms with Crippen LogP contribution in [-0.4, -0.2) is 45.2 Å². The van der Waals surface area contributed by atoms with E-state index in [0.717, 1.165) is 0 Å². The first-order valence-electron chi connectivity index (χ1n) is 7.70. The Hall–Kier alpha value is -2.84. The van der Waals surface area contributed by atoms with Crippen molar-refractivity contribution in [2.75, 3.05) is 14.2 Å². The van der Waals surface area contributed by atoms with Crippen LogP contribution in [0.5, 0.6) is 11.9 Å². The lowest BCUT2D eigenvalue weighted by molar-refractivity contribution is 0.120. The second-order valence-electron chi connectivity index (χ2n) is 5.81. The summed E-state index contributed by atoms with van der Waals surface area (Å²) in [7, 11) is 2.97. The van der Waals surface area contributed by atoms with Crippen molar-refractivity contribution in [1.29, 1.82) is 0 Å². The second kappa shape index (κ2) is 5.91. The highest BCUT2D eigenvalue weighted by atomic mass is 19.3. The Morgan fingerprint density at radius 3 is 2.72 bits per heavy atom. The predicted molar refractivity (Wildman–Crippen MR) is 84.0 cm³/mol. The van der Waals surface area contributed by atoms with Gasteiger partial charge in [0, 0.05) is 18.0 Å². The van der Waals surface area contributed by atoms with Gasteiger partial charge in [-0.1, -0.05) is 0 Å². The average Bonchev–Trinajstić information content (AvgIpc) is 3.33. The highest BCUT2D eigenvalue weighted by Crippen LogP contribution is 2.50. The summed E-state index contributed by atoms with van der Waals surface area (Å²) >= 11 is 0. The van der Waals surface area contributed by atoms with E-state index in [0.29, 0.717) is 34.9 Å². The predicted octanol–water partition coefficient (Wildman–Crippen LogP) is 2.57. The van der Waals surface area contributed by atoms with Gasteiger partial charge in [0.1, 0.15) is 0 Å². The molecular formula is C16H15F2N5O2. The summed E-state index contributed by atoms with van der Waals surface area (Å²) in [5.74, 6) is -0.456. The molecule has 0 aliphatic heterocycles. The molecule has 3 heterocycles. The van der Waals surface area contributed by atoms with Crippen molar-refractivity contribution in [2.24, 2.45) is 5.92 Å². The van der Waals surface area contributed by atoms with Crippen molar-refractivity contribution in [1.82, 2.24) is 24.6 Å². The molecule has 4 rings (SSSR count). The van der Waals surface area contributed by atoms with Crippen LogP contribution >= 0.6 is 0 Å². The van der Waals surface area contributed by atoms with E-state index in [1.54, 1.807) is 29.0 Å². The van der Waals surface area contributed by atoms with E-state index in [-0.39, 0.29) is 11.9 Å². The highest BCUT2D eigenvalue weighted by molar-refractivity contribution is 5.65. The number of aromatic nitrogens is 5. The molecule has 0 N–H and O–H groups in total. The molecule has 1 aliphatic rings. The van der Waals surface area contributed by atoms with Crippen molar-refractivity contribution in [3.8, 4) is 23.1 Å². The monoisotopic (exact) mass is 347 g/mol. The van der Waals surface area contributed by atoms with Crippen LogP contribution in [0.1, 0.15) is 18.0 Å². The third kappa shape index (κ3) is 2.75. The third-order valence-electron chi connectivity index (χ3n) is 4.27. The molecule has 0 unspecified atom stereocenters. The largest absolute Gasteiger partial charge is 0.480 e. The lowest BCUT2D eigenvalue weighted by atomic mass is 10.2. The second-order valence-corrected chi connectivity index (χ2v) is 5.81. The lowest BCUT2D eigenvalue weighted by Crippen LogP contribution is -2.00. The van der Waals surface area contributed by atoms with Gasteiger partial charge in [0.25, 0.3) is 0 Å². The summed E-state index contributed by atoms with van der Waals surface area (Å²) in [6, 6.07) is 3.73. The Morgan fingerprint density at radius 2 is 2.04 bits per heavy atom. The van der Waals surface area contributed by atoms with Crippen LogP contribution in [0.2, 0.25) is 0 Å². The topological polar surface area (TPSA) is 74.4 Å². The number of ether oxygens (including phenoxy) is 2. The summed E-state index contributed by atoms with van der Waals surface area (Å²) in [5.41, 5.74) is 2.43. The number of hydrogen-bond acceptors (Lipinski definition) is 6. The fourth-order valence-corrected chi connectivity index (χ4v) is 2.84. The van der Waals surface area contributed by atoms with Crippen LogP contribution in [0, 0.1) is 5.92 Å². The maximum Gasteiger partial charge on any atom is 0.319 e. The first kappa shape index (κ1) is 15.7. The van der Waals surface area contributed by atoms with Crippen molar-refractivity contribution in [3.63, 3.8) is 0 Å². The maximum absolute atomic E-state index is 12.8. The number of methoxy groups -OCH3 is 2. The molecule has 9 heteroatoms. The van der Waals surface area contributed by atoms with Crippen LogP contribution < -0.4 is 9.47 Å². The molecular weight excluding hydrogens is 332 g/mol. The van der Waals surface area contributed by atoms with Crippen LogP contribution in [0.15, 0.2) is 24.5 Å². The molecule has 0 bridgehead atoms. The van der Waals surface area contributed by atoms with E-state index in [1.807, 2.05) is 0 Å². The summed E-state index contributed by atoms with van der Waals surface area (Å²) < 4.78 is 37.3. The smallest absolute Gasteiger partial charge is 0.319 e. The van der Waals surface area contributed by atoms with Gasteiger partial charge in [-0.25, -0.2) is 23.3 Å². The molecule has 0 saturated heterocycles. The summed E-state index contributed by atoms with van der Waals surface area (Å²) in [6.45, 7) is 0. The number of halogens is 2. The SMILES string of the molecule is COc1ncc(-c2ccc3nc([C@H]4C[C@@H]4C(F)F)cn3n2)c(OC)n1. The van der Waals surface area contributed by atoms with Crippen LogP contribution in [0.3, 0.4) is 0 Å². The molecule has 1 aliphatic carbocycles. The molecule has 2 atom stereocenters. The quantitative estimate of drug-likeness (QED) is 0.706. The van der Waals surface area contributed by atoms with E-state index < -0.39 is 12.3 Å². The van der Waals surface area contributed by atoms with Crippen LogP contribution in [0.4, 0.5) is 8.78 Å². The van der Waals surface area contributed by atoms with Crippen molar-refractivity contribution in [3.05, 3.63) is 30.2 Å². The zero-order valence-electron chi connectivity index (χ0n) is 13.6. The zero-order chi connectivity index (χ0) is 17.6. The molecule has 3 aromatic heterocycles. The summed E-state index contributed by atoms with van der Waals surface area (Å²) in [6.07, 6.45) is 1.42. The van der Waals surface area contributed by atoms with E-state index in [4.69, 9.17) is 9.47 Å². The van der Waals surface area contributed by atoms with Gasteiger partial charge in [-0.15, -0.1) is 0 Å². The van der Waals surface area contributed by atoms with Crippen molar-refractivity contribution >= 4 is 5.65 Å². The fraction of sp³-hybridized carbons (Fsp3) is 0.375. The molecule has 0 aromatic carbocycles. The van der Waals surface area contributed by atoms with Crippen molar-refractivity contribution < 1.29 is 18.3 Å². The van der Waals surface area contributed by atoms with Gasteiger partial charge in [0.15, 0.2) is 5.65 Å². The van der Waals surface area contributed by atoms with Gasteiger partial charge in [0.2, 0.25) is 12.3 Å². The van der Waals surface area contributed by atoms with Gasteiger partial charge >= 0.3 is 6.01 Å². The van der Waals surface area contributed by atoms with Crippen LogP contribution in [0.25, 0.3) is 16.9 Å². The molecule has 0 amide bonds. The van der Waals surface area contributed by atoms with Gasteiger partial charge in [-0.3, -0.25) is 0 Å². The molecule has 130 valence electrons. The van der Waals surface area contributed by atoms with Gasteiger partial charge in [-0.05, 0) is 18.6 Å². The average molecular weight is 347 g/mol. The number of rotatable bonds is 5. The number of fused-ring (bicyclic) bond motifs is 1. The number of imidazole rings is 1. The minimum atomic E-state index is -2.31. The Morgan fingerprint density at radius 1 is 1.20 bits per heavy atom. The molecule has 0 radical (unpaired) electrons. The van der Waals surface area contributed by atoms with E-state index >= 15 is 0 Å². The Kier molecular flexibility index (Phi) is 3.70. The maximum atomic E-state index is 12.8. The molecule has 1 fully saturated rings. The summed E-state index contributed by atoms with van der Waals surface area (Å²) in [5, 5.41) is 4.48. The first-order valence-corrected chi connectivity index (χ1v) is 7.70. The number of nitrogens with zero attached hydrogens (tertiary/aromatic N) is 5. The number of hydrogen-bond donors (Lipinski definition) is 0. The molecule has 0 spiro atoms. The summed E-state index contributed by atoms with van der Waals surface area (Å²) in [4.78, 5) is 12.6. The highest BCUT2D eigenvalue weighted by Gasteiger charge is 2.46. The van der Waals surface area contributed by atoms with Gasteiger partial charge in [-0.2, -0.15) is 10.1 Å². The van der Waals surface area contributed by atoms with Crippen LogP contribution in [-0.2, 0) is 0 Å².